The second kappa shape index (κ2) is 7.79. The van der Waals surface area contributed by atoms with Crippen molar-refractivity contribution in [3.8, 4) is 11.5 Å². The summed E-state index contributed by atoms with van der Waals surface area (Å²) in [7, 11) is 0. The zero-order chi connectivity index (χ0) is 20.3. The molecule has 0 saturated heterocycles. The lowest BCUT2D eigenvalue weighted by Gasteiger charge is -2.24. The first-order valence-electron chi connectivity index (χ1n) is 8.39. The van der Waals surface area contributed by atoms with Crippen LogP contribution in [0.15, 0.2) is 42.5 Å². The smallest absolute Gasteiger partial charge is 0.416 e. The number of benzene rings is 2. The maximum Gasteiger partial charge on any atom is 0.416 e. The van der Waals surface area contributed by atoms with Gasteiger partial charge in [-0.1, -0.05) is 6.07 Å². The molecule has 0 unspecified atom stereocenters. The van der Waals surface area contributed by atoms with Crippen LogP contribution in [0.1, 0.15) is 12.5 Å². The highest BCUT2D eigenvalue weighted by Gasteiger charge is 2.30. The third-order valence-electron chi connectivity index (χ3n) is 3.99. The van der Waals surface area contributed by atoms with E-state index < -0.39 is 23.6 Å². The number of carbonyl (C=O) groups is 2. The van der Waals surface area contributed by atoms with Crippen LogP contribution in [-0.2, 0) is 15.8 Å². The number of amides is 2. The van der Waals surface area contributed by atoms with E-state index in [2.05, 4.69) is 5.32 Å². The topological polar surface area (TPSA) is 67.9 Å². The second-order valence-electron chi connectivity index (χ2n) is 6.06. The monoisotopic (exact) mass is 394 g/mol. The number of hydrogen-bond acceptors (Lipinski definition) is 4. The van der Waals surface area contributed by atoms with Gasteiger partial charge in [-0.15, -0.1) is 0 Å². The maximum absolute atomic E-state index is 12.8. The predicted octanol–water partition coefficient (Wildman–Crippen LogP) is 3.47. The molecule has 1 aliphatic rings. The van der Waals surface area contributed by atoms with Crippen molar-refractivity contribution in [2.24, 2.45) is 0 Å². The Morgan fingerprint density at radius 3 is 2.46 bits per heavy atom. The first-order chi connectivity index (χ1) is 13.2. The summed E-state index contributed by atoms with van der Waals surface area (Å²) in [5.41, 5.74) is -0.470. The number of nitrogens with zero attached hydrogens (tertiary/aromatic N) is 1. The van der Waals surface area contributed by atoms with E-state index in [4.69, 9.17) is 9.47 Å². The van der Waals surface area contributed by atoms with Gasteiger partial charge in [0.1, 0.15) is 19.8 Å². The minimum Gasteiger partial charge on any atom is -0.486 e. The number of rotatable bonds is 4. The van der Waals surface area contributed by atoms with E-state index in [-0.39, 0.29) is 12.2 Å². The molecule has 0 aliphatic carbocycles. The molecule has 0 radical (unpaired) electrons. The van der Waals surface area contributed by atoms with Crippen molar-refractivity contribution >= 4 is 23.2 Å². The molecule has 9 heteroatoms. The van der Waals surface area contributed by atoms with Gasteiger partial charge in [0.2, 0.25) is 11.8 Å². The van der Waals surface area contributed by atoms with Gasteiger partial charge in [0.05, 0.1) is 5.56 Å². The van der Waals surface area contributed by atoms with Crippen molar-refractivity contribution < 1.29 is 32.2 Å². The fraction of sp³-hybridized carbons (Fsp3) is 0.263. The quantitative estimate of drug-likeness (QED) is 0.862. The number of halogens is 3. The third kappa shape index (κ3) is 4.54. The number of nitrogens with one attached hydrogen (secondary N) is 1. The van der Waals surface area contributed by atoms with Gasteiger partial charge in [0, 0.05) is 24.4 Å². The minimum atomic E-state index is -4.52. The molecule has 2 aromatic carbocycles. The summed E-state index contributed by atoms with van der Waals surface area (Å²) in [6.07, 6.45) is -4.52. The van der Waals surface area contributed by atoms with E-state index in [1.54, 1.807) is 18.2 Å². The van der Waals surface area contributed by atoms with Gasteiger partial charge in [-0.3, -0.25) is 9.59 Å². The van der Waals surface area contributed by atoms with Crippen LogP contribution >= 0.6 is 0 Å². The summed E-state index contributed by atoms with van der Waals surface area (Å²) in [5, 5.41) is 2.38. The SMILES string of the molecule is CC(=O)N(CC(=O)Nc1cccc(C(F)(F)F)c1)c1ccc2c(c1)OCCO2. The van der Waals surface area contributed by atoms with Crippen LogP contribution in [0.2, 0.25) is 0 Å². The number of alkyl halides is 3. The molecule has 6 nitrogen and oxygen atoms in total. The van der Waals surface area contributed by atoms with Crippen LogP contribution in [0.4, 0.5) is 24.5 Å². The van der Waals surface area contributed by atoms with E-state index in [1.165, 1.54) is 24.0 Å². The molecule has 0 fully saturated rings. The van der Waals surface area contributed by atoms with Gasteiger partial charge in [-0.25, -0.2) is 0 Å². The molecule has 1 N–H and O–H groups in total. The highest BCUT2D eigenvalue weighted by molar-refractivity contribution is 6.02. The molecule has 0 atom stereocenters. The number of fused-ring (bicyclic) bond motifs is 1. The van der Waals surface area contributed by atoms with Gasteiger partial charge in [-0.05, 0) is 30.3 Å². The Hall–Kier alpha value is -3.23. The van der Waals surface area contributed by atoms with Gasteiger partial charge in [0.15, 0.2) is 11.5 Å². The maximum atomic E-state index is 12.8. The van der Waals surface area contributed by atoms with Crippen molar-refractivity contribution in [1.82, 2.24) is 0 Å². The Balaban J connectivity index is 1.74. The molecule has 1 aliphatic heterocycles. The first-order valence-corrected chi connectivity index (χ1v) is 8.39. The lowest BCUT2D eigenvalue weighted by molar-refractivity contribution is -0.137. The Morgan fingerprint density at radius 1 is 1.07 bits per heavy atom. The summed E-state index contributed by atoms with van der Waals surface area (Å²) in [6.45, 7) is 1.70. The Bertz CT molecular complexity index is 899. The fourth-order valence-corrected chi connectivity index (χ4v) is 2.70. The molecule has 2 aromatic rings. The number of anilines is 2. The van der Waals surface area contributed by atoms with Gasteiger partial charge in [0.25, 0.3) is 0 Å². The molecular weight excluding hydrogens is 377 g/mol. The molecule has 2 amide bonds. The predicted molar refractivity (Wildman–Crippen MR) is 95.5 cm³/mol. The van der Waals surface area contributed by atoms with Crippen LogP contribution in [0, 0.1) is 0 Å². The third-order valence-corrected chi connectivity index (χ3v) is 3.99. The molecule has 1 heterocycles. The average Bonchev–Trinajstić information content (AvgIpc) is 2.65. The summed E-state index contributed by atoms with van der Waals surface area (Å²) in [5.74, 6) is -0.0551. The zero-order valence-electron chi connectivity index (χ0n) is 14.9. The van der Waals surface area contributed by atoms with Crippen LogP contribution in [0.3, 0.4) is 0 Å². The van der Waals surface area contributed by atoms with Crippen LogP contribution in [-0.4, -0.2) is 31.6 Å². The van der Waals surface area contributed by atoms with Crippen LogP contribution in [0.25, 0.3) is 0 Å². The molecule has 0 aromatic heterocycles. The van der Waals surface area contributed by atoms with E-state index in [9.17, 15) is 22.8 Å². The minimum absolute atomic E-state index is 0.00880. The summed E-state index contributed by atoms with van der Waals surface area (Å²) in [4.78, 5) is 25.5. The molecule has 0 saturated carbocycles. The lowest BCUT2D eigenvalue weighted by Crippen LogP contribution is -2.36. The standard InChI is InChI=1S/C19H17F3N2O4/c1-12(25)24(15-5-6-16-17(10-15)28-8-7-27-16)11-18(26)23-14-4-2-3-13(9-14)19(20,21)22/h2-6,9-10H,7-8,11H2,1H3,(H,23,26). The van der Waals surface area contributed by atoms with E-state index in [0.29, 0.717) is 30.4 Å². The van der Waals surface area contributed by atoms with Crippen LogP contribution in [0.5, 0.6) is 11.5 Å². The lowest BCUT2D eigenvalue weighted by atomic mass is 10.2. The Labute approximate surface area is 158 Å². The van der Waals surface area contributed by atoms with Crippen molar-refractivity contribution in [1.29, 1.82) is 0 Å². The zero-order valence-corrected chi connectivity index (χ0v) is 14.9. The Kier molecular flexibility index (Phi) is 5.43. The molecule has 0 bridgehead atoms. The molecular formula is C19H17F3N2O4. The highest BCUT2D eigenvalue weighted by atomic mass is 19.4. The molecule has 28 heavy (non-hydrogen) atoms. The Morgan fingerprint density at radius 2 is 1.79 bits per heavy atom. The van der Waals surface area contributed by atoms with E-state index in [1.807, 2.05) is 0 Å². The first kappa shape index (κ1) is 19.5. The van der Waals surface area contributed by atoms with Gasteiger partial charge >= 0.3 is 6.18 Å². The largest absolute Gasteiger partial charge is 0.486 e. The van der Waals surface area contributed by atoms with Crippen molar-refractivity contribution in [3.63, 3.8) is 0 Å². The molecule has 148 valence electrons. The number of hydrogen-bond donors (Lipinski definition) is 1. The fourth-order valence-electron chi connectivity index (χ4n) is 2.70. The summed E-state index contributed by atoms with van der Waals surface area (Å²) < 4.78 is 49.3. The summed E-state index contributed by atoms with van der Waals surface area (Å²) >= 11 is 0. The molecule has 0 spiro atoms. The number of ether oxygens (including phenoxy) is 2. The summed E-state index contributed by atoms with van der Waals surface area (Å²) in [6, 6.07) is 9.09. The second-order valence-corrected chi connectivity index (χ2v) is 6.06. The number of carbonyl (C=O) groups excluding carboxylic acids is 2. The van der Waals surface area contributed by atoms with Gasteiger partial charge < -0.3 is 19.7 Å². The average molecular weight is 394 g/mol. The van der Waals surface area contributed by atoms with Crippen molar-refractivity contribution in [2.45, 2.75) is 13.1 Å². The molecule has 3 rings (SSSR count). The van der Waals surface area contributed by atoms with Crippen molar-refractivity contribution in [2.75, 3.05) is 30.0 Å². The van der Waals surface area contributed by atoms with Gasteiger partial charge in [-0.2, -0.15) is 13.2 Å². The van der Waals surface area contributed by atoms with Crippen molar-refractivity contribution in [3.05, 3.63) is 48.0 Å². The normalized spacial score (nSPS) is 13.0. The van der Waals surface area contributed by atoms with E-state index in [0.717, 1.165) is 12.1 Å². The highest BCUT2D eigenvalue weighted by Crippen LogP contribution is 2.34. The van der Waals surface area contributed by atoms with E-state index >= 15 is 0 Å². The van der Waals surface area contributed by atoms with Crippen LogP contribution < -0.4 is 19.7 Å².